The van der Waals surface area contributed by atoms with E-state index in [1.807, 2.05) is 31.1 Å². The zero-order valence-electron chi connectivity index (χ0n) is 16.6. The van der Waals surface area contributed by atoms with Gasteiger partial charge >= 0.3 is 5.97 Å². The number of nitriles is 1. The van der Waals surface area contributed by atoms with Crippen LogP contribution in [0, 0.1) is 17.1 Å². The van der Waals surface area contributed by atoms with Gasteiger partial charge in [0, 0.05) is 32.0 Å². The van der Waals surface area contributed by atoms with Crippen molar-refractivity contribution in [1.82, 2.24) is 0 Å². The second-order valence-corrected chi connectivity index (χ2v) is 6.35. The Morgan fingerprint density at radius 3 is 2.17 bits per heavy atom. The molecule has 0 aliphatic carbocycles. The highest BCUT2D eigenvalue weighted by molar-refractivity contribution is 6.00. The first-order valence-corrected chi connectivity index (χ1v) is 8.98. The first-order chi connectivity index (χ1) is 13.8. The predicted molar refractivity (Wildman–Crippen MR) is 110 cm³/mol. The molecule has 6 nitrogen and oxygen atoms in total. The van der Waals surface area contributed by atoms with E-state index < -0.39 is 24.3 Å². The molecule has 29 heavy (non-hydrogen) atoms. The Hall–Kier alpha value is -3.66. The standard InChI is InChI=1S/C22H22FN3O3/c1-4-26(20-11-7-18(23)8-12-20)21(27)15-29-22(28)17(14-24)13-16-5-9-19(10-6-16)25(2)3/h5-13H,4,15H2,1-3H3/b17-13+. The van der Waals surface area contributed by atoms with Crippen LogP contribution in [0.15, 0.2) is 54.1 Å². The number of benzene rings is 2. The Labute approximate surface area is 169 Å². The predicted octanol–water partition coefficient (Wildman–Crippen LogP) is 3.39. The zero-order chi connectivity index (χ0) is 21.4. The van der Waals surface area contributed by atoms with Crippen LogP contribution in [0.2, 0.25) is 0 Å². The van der Waals surface area contributed by atoms with Crippen LogP contribution >= 0.6 is 0 Å². The molecule has 0 saturated heterocycles. The lowest BCUT2D eigenvalue weighted by molar-refractivity contribution is -0.143. The molecule has 1 amide bonds. The van der Waals surface area contributed by atoms with Gasteiger partial charge in [-0.05, 0) is 55.0 Å². The maximum absolute atomic E-state index is 13.1. The summed E-state index contributed by atoms with van der Waals surface area (Å²) in [4.78, 5) is 27.9. The molecule has 0 bridgehead atoms. The number of hydrogen-bond donors (Lipinski definition) is 0. The number of esters is 1. The minimum absolute atomic E-state index is 0.208. The number of nitrogens with zero attached hydrogens (tertiary/aromatic N) is 3. The van der Waals surface area contributed by atoms with Crippen LogP contribution in [-0.4, -0.2) is 39.1 Å². The van der Waals surface area contributed by atoms with Gasteiger partial charge in [-0.15, -0.1) is 0 Å². The Kier molecular flexibility index (Phi) is 7.49. The van der Waals surface area contributed by atoms with Gasteiger partial charge in [0.2, 0.25) is 0 Å². The third-order valence-corrected chi connectivity index (χ3v) is 4.14. The Morgan fingerprint density at radius 2 is 1.66 bits per heavy atom. The van der Waals surface area contributed by atoms with Crippen molar-refractivity contribution in [2.45, 2.75) is 6.92 Å². The molecule has 0 heterocycles. The molecule has 0 spiro atoms. The number of amides is 1. The van der Waals surface area contributed by atoms with Gasteiger partial charge in [0.15, 0.2) is 6.61 Å². The van der Waals surface area contributed by atoms with E-state index in [-0.39, 0.29) is 5.57 Å². The van der Waals surface area contributed by atoms with Gasteiger partial charge in [0.05, 0.1) is 0 Å². The van der Waals surface area contributed by atoms with Crippen LogP contribution in [0.3, 0.4) is 0 Å². The number of halogens is 1. The summed E-state index contributed by atoms with van der Waals surface area (Å²) >= 11 is 0. The van der Waals surface area contributed by atoms with Crippen molar-refractivity contribution in [2.24, 2.45) is 0 Å². The van der Waals surface area contributed by atoms with Crippen LogP contribution in [0.25, 0.3) is 6.08 Å². The maximum Gasteiger partial charge on any atom is 0.349 e. The van der Waals surface area contributed by atoms with E-state index in [2.05, 4.69) is 0 Å². The lowest BCUT2D eigenvalue weighted by Gasteiger charge is -2.20. The summed E-state index contributed by atoms with van der Waals surface area (Å²) in [7, 11) is 3.82. The number of carbonyl (C=O) groups excluding carboxylic acids is 2. The monoisotopic (exact) mass is 395 g/mol. The van der Waals surface area contributed by atoms with Crippen LogP contribution in [0.1, 0.15) is 12.5 Å². The number of ether oxygens (including phenoxy) is 1. The van der Waals surface area contributed by atoms with E-state index in [0.29, 0.717) is 17.8 Å². The first kappa shape index (κ1) is 21.6. The Morgan fingerprint density at radius 1 is 1.07 bits per heavy atom. The van der Waals surface area contributed by atoms with Crippen LogP contribution in [-0.2, 0) is 14.3 Å². The number of anilines is 2. The van der Waals surface area contributed by atoms with E-state index in [0.717, 1.165) is 5.69 Å². The average Bonchev–Trinajstić information content (AvgIpc) is 2.72. The van der Waals surface area contributed by atoms with Crippen molar-refractivity contribution >= 4 is 29.3 Å². The molecule has 0 radical (unpaired) electrons. The molecule has 2 aromatic carbocycles. The molecule has 0 saturated carbocycles. The highest BCUT2D eigenvalue weighted by Gasteiger charge is 2.18. The lowest BCUT2D eigenvalue weighted by atomic mass is 10.1. The van der Waals surface area contributed by atoms with Gasteiger partial charge in [-0.1, -0.05) is 12.1 Å². The molecule has 2 rings (SSSR count). The fraction of sp³-hybridized carbons (Fsp3) is 0.227. The highest BCUT2D eigenvalue weighted by Crippen LogP contribution is 2.16. The third kappa shape index (κ3) is 5.91. The number of hydrogen-bond acceptors (Lipinski definition) is 5. The lowest BCUT2D eigenvalue weighted by Crippen LogP contribution is -2.34. The van der Waals surface area contributed by atoms with Crippen molar-refractivity contribution < 1.29 is 18.7 Å². The molecule has 150 valence electrons. The van der Waals surface area contributed by atoms with Crippen LogP contribution in [0.5, 0.6) is 0 Å². The van der Waals surface area contributed by atoms with Gasteiger partial charge in [-0.2, -0.15) is 5.26 Å². The molecular weight excluding hydrogens is 373 g/mol. The van der Waals surface area contributed by atoms with E-state index in [1.54, 1.807) is 25.1 Å². The summed E-state index contributed by atoms with van der Waals surface area (Å²) in [5.41, 5.74) is 1.93. The second kappa shape index (κ2) is 10.0. The number of rotatable bonds is 7. The molecule has 0 N–H and O–H groups in total. The molecule has 7 heteroatoms. The Balaban J connectivity index is 2.04. The van der Waals surface area contributed by atoms with Gasteiger partial charge in [-0.3, -0.25) is 4.79 Å². The summed E-state index contributed by atoms with van der Waals surface area (Å²) in [5.74, 6) is -1.76. The van der Waals surface area contributed by atoms with Crippen LogP contribution < -0.4 is 9.80 Å². The molecule has 2 aromatic rings. The van der Waals surface area contributed by atoms with E-state index in [4.69, 9.17) is 4.74 Å². The summed E-state index contributed by atoms with van der Waals surface area (Å²) in [6.07, 6.45) is 1.41. The third-order valence-electron chi connectivity index (χ3n) is 4.14. The summed E-state index contributed by atoms with van der Waals surface area (Å²) in [6, 6.07) is 14.5. The quantitative estimate of drug-likeness (QED) is 0.408. The largest absolute Gasteiger partial charge is 0.451 e. The molecule has 0 fully saturated rings. The fourth-order valence-corrected chi connectivity index (χ4v) is 2.58. The van der Waals surface area contributed by atoms with Gasteiger partial charge in [-0.25, -0.2) is 9.18 Å². The highest BCUT2D eigenvalue weighted by atomic mass is 19.1. The maximum atomic E-state index is 13.1. The first-order valence-electron chi connectivity index (χ1n) is 8.98. The Bertz CT molecular complexity index is 929. The summed E-state index contributed by atoms with van der Waals surface area (Å²) in [5, 5.41) is 9.27. The van der Waals surface area contributed by atoms with E-state index in [9.17, 15) is 19.2 Å². The van der Waals surface area contributed by atoms with E-state index in [1.165, 1.54) is 35.2 Å². The molecular formula is C22H22FN3O3. The molecule has 0 aromatic heterocycles. The molecule has 0 aliphatic rings. The van der Waals surface area contributed by atoms with E-state index >= 15 is 0 Å². The van der Waals surface area contributed by atoms with Crippen LogP contribution in [0.4, 0.5) is 15.8 Å². The minimum atomic E-state index is -0.882. The number of likely N-dealkylation sites (N-methyl/N-ethyl adjacent to an activating group) is 1. The van der Waals surface area contributed by atoms with Gasteiger partial charge < -0.3 is 14.5 Å². The normalized spacial score (nSPS) is 10.8. The molecule has 0 aliphatic heterocycles. The molecule has 0 atom stereocenters. The fourth-order valence-electron chi connectivity index (χ4n) is 2.58. The average molecular weight is 395 g/mol. The van der Waals surface area contributed by atoms with Gasteiger partial charge in [0.25, 0.3) is 5.91 Å². The zero-order valence-corrected chi connectivity index (χ0v) is 16.6. The van der Waals surface area contributed by atoms with Crippen molar-refractivity contribution in [2.75, 3.05) is 37.0 Å². The smallest absolute Gasteiger partial charge is 0.349 e. The van der Waals surface area contributed by atoms with Crippen molar-refractivity contribution in [3.8, 4) is 6.07 Å². The van der Waals surface area contributed by atoms with Crippen molar-refractivity contribution in [3.63, 3.8) is 0 Å². The SMILES string of the molecule is CCN(C(=O)COC(=O)/C(C#N)=C/c1ccc(N(C)C)cc1)c1ccc(F)cc1. The second-order valence-electron chi connectivity index (χ2n) is 6.35. The molecule has 0 unspecified atom stereocenters. The topological polar surface area (TPSA) is 73.6 Å². The summed E-state index contributed by atoms with van der Waals surface area (Å²) in [6.45, 7) is 1.55. The van der Waals surface area contributed by atoms with Crippen molar-refractivity contribution in [3.05, 3.63) is 65.5 Å². The summed E-state index contributed by atoms with van der Waals surface area (Å²) < 4.78 is 18.1. The number of carbonyl (C=O) groups is 2. The minimum Gasteiger partial charge on any atom is -0.451 e. The van der Waals surface area contributed by atoms with Crippen molar-refractivity contribution in [1.29, 1.82) is 5.26 Å². The van der Waals surface area contributed by atoms with Gasteiger partial charge in [0.1, 0.15) is 17.5 Å².